The Balaban J connectivity index is 3.07. The Morgan fingerprint density at radius 1 is 1.56 bits per heavy atom. The van der Waals surface area contributed by atoms with E-state index in [-0.39, 0.29) is 0 Å². The highest BCUT2D eigenvalue weighted by molar-refractivity contribution is 9.08. The minimum atomic E-state index is 0.994. The molecule has 0 spiro atoms. The Labute approximate surface area is 68.0 Å². The maximum absolute atomic E-state index is 3.44. The van der Waals surface area contributed by atoms with Crippen LogP contribution in [0.4, 0.5) is 0 Å². The van der Waals surface area contributed by atoms with Crippen molar-refractivity contribution >= 4 is 27.3 Å². The zero-order chi connectivity index (χ0) is 6.85. The van der Waals surface area contributed by atoms with E-state index in [1.807, 2.05) is 11.3 Å². The average molecular weight is 205 g/mol. The van der Waals surface area contributed by atoms with Crippen molar-refractivity contribution in [1.29, 1.82) is 0 Å². The van der Waals surface area contributed by atoms with Crippen molar-refractivity contribution in [2.75, 3.05) is 0 Å². The van der Waals surface area contributed by atoms with E-state index in [0.717, 1.165) is 5.33 Å². The van der Waals surface area contributed by atoms with E-state index in [0.29, 0.717) is 0 Å². The first-order chi connectivity index (χ1) is 4.25. The highest BCUT2D eigenvalue weighted by atomic mass is 79.9. The van der Waals surface area contributed by atoms with Crippen LogP contribution in [0.2, 0.25) is 0 Å². The third-order valence-electron chi connectivity index (χ3n) is 1.45. The van der Waals surface area contributed by atoms with Crippen LogP contribution in [0, 0.1) is 13.8 Å². The predicted molar refractivity (Wildman–Crippen MR) is 46.4 cm³/mol. The molecule has 1 rings (SSSR count). The molecule has 0 aliphatic carbocycles. The molecule has 0 unspecified atom stereocenters. The molecule has 0 fully saturated rings. The van der Waals surface area contributed by atoms with E-state index >= 15 is 0 Å². The molecular weight excluding hydrogens is 196 g/mol. The maximum Gasteiger partial charge on any atom is 0.0296 e. The van der Waals surface area contributed by atoms with Gasteiger partial charge in [-0.2, -0.15) is 0 Å². The summed E-state index contributed by atoms with van der Waals surface area (Å²) in [7, 11) is 0. The summed E-state index contributed by atoms with van der Waals surface area (Å²) in [6.45, 7) is 4.31. The first kappa shape index (κ1) is 7.29. The Bertz CT molecular complexity index is 183. The van der Waals surface area contributed by atoms with Gasteiger partial charge < -0.3 is 0 Å². The lowest BCUT2D eigenvalue weighted by Gasteiger charge is -1.92. The molecule has 0 bridgehead atoms. The summed E-state index contributed by atoms with van der Waals surface area (Å²) in [5, 5.41) is 3.19. The number of halogens is 1. The molecule has 0 atom stereocenters. The lowest BCUT2D eigenvalue weighted by atomic mass is 10.2. The van der Waals surface area contributed by atoms with Gasteiger partial charge >= 0.3 is 0 Å². The third kappa shape index (κ3) is 1.36. The zero-order valence-corrected chi connectivity index (χ0v) is 7.97. The average Bonchev–Trinajstić information content (AvgIpc) is 2.12. The van der Waals surface area contributed by atoms with Crippen LogP contribution in [0.3, 0.4) is 0 Å². The molecule has 50 valence electrons. The third-order valence-corrected chi connectivity index (χ3v) is 3.08. The monoisotopic (exact) mass is 204 g/mol. The van der Waals surface area contributed by atoms with Crippen molar-refractivity contribution in [3.8, 4) is 0 Å². The Morgan fingerprint density at radius 2 is 2.22 bits per heavy atom. The summed E-state index contributed by atoms with van der Waals surface area (Å²) in [4.78, 5) is 1.43. The Morgan fingerprint density at radius 3 is 2.44 bits per heavy atom. The molecule has 0 radical (unpaired) electrons. The largest absolute Gasteiger partial charge is 0.149 e. The molecule has 0 aromatic carbocycles. The summed E-state index contributed by atoms with van der Waals surface area (Å²) < 4.78 is 0. The van der Waals surface area contributed by atoms with E-state index in [9.17, 15) is 0 Å². The molecule has 0 amide bonds. The summed E-state index contributed by atoms with van der Waals surface area (Å²) in [6.07, 6.45) is 0. The summed E-state index contributed by atoms with van der Waals surface area (Å²) in [5.41, 5.74) is 2.87. The van der Waals surface area contributed by atoms with Crippen molar-refractivity contribution < 1.29 is 0 Å². The zero-order valence-electron chi connectivity index (χ0n) is 5.57. The van der Waals surface area contributed by atoms with Gasteiger partial charge in [-0.15, -0.1) is 11.3 Å². The van der Waals surface area contributed by atoms with E-state index in [1.165, 1.54) is 16.0 Å². The molecule has 1 aromatic heterocycles. The lowest BCUT2D eigenvalue weighted by Crippen LogP contribution is -1.77. The van der Waals surface area contributed by atoms with Crippen LogP contribution < -0.4 is 0 Å². The van der Waals surface area contributed by atoms with Crippen LogP contribution in [0.25, 0.3) is 0 Å². The number of hydrogen-bond acceptors (Lipinski definition) is 1. The number of rotatable bonds is 1. The normalized spacial score (nSPS) is 10.1. The first-order valence-electron chi connectivity index (χ1n) is 2.85. The van der Waals surface area contributed by atoms with Gasteiger partial charge in [-0.05, 0) is 30.4 Å². The van der Waals surface area contributed by atoms with Gasteiger partial charge in [0.15, 0.2) is 0 Å². The van der Waals surface area contributed by atoms with E-state index in [2.05, 4.69) is 35.2 Å². The fourth-order valence-corrected chi connectivity index (χ4v) is 2.72. The second kappa shape index (κ2) is 2.84. The van der Waals surface area contributed by atoms with E-state index in [1.54, 1.807) is 0 Å². The smallest absolute Gasteiger partial charge is 0.0296 e. The van der Waals surface area contributed by atoms with Gasteiger partial charge in [-0.25, -0.2) is 0 Å². The molecular formula is C7H9BrS. The summed E-state index contributed by atoms with van der Waals surface area (Å²) >= 11 is 5.27. The highest BCUT2D eigenvalue weighted by Gasteiger charge is 2.00. The molecule has 1 aromatic rings. The predicted octanol–water partition coefficient (Wildman–Crippen LogP) is 3.26. The molecule has 9 heavy (non-hydrogen) atoms. The van der Waals surface area contributed by atoms with Crippen molar-refractivity contribution in [2.24, 2.45) is 0 Å². The standard InChI is InChI=1S/C7H9BrS/c1-5-4-9-6(2)7(5)3-8/h4H,3H2,1-2H3. The minimum absolute atomic E-state index is 0.994. The lowest BCUT2D eigenvalue weighted by molar-refractivity contribution is 1.33. The van der Waals surface area contributed by atoms with Crippen molar-refractivity contribution in [1.82, 2.24) is 0 Å². The van der Waals surface area contributed by atoms with Gasteiger partial charge in [-0.3, -0.25) is 0 Å². The second-order valence-corrected chi connectivity index (χ2v) is 3.73. The second-order valence-electron chi connectivity index (χ2n) is 2.09. The Kier molecular flexibility index (Phi) is 2.30. The summed E-state index contributed by atoms with van der Waals surface area (Å²) in [5.74, 6) is 0. The van der Waals surface area contributed by atoms with Crippen LogP contribution in [0.1, 0.15) is 16.0 Å². The van der Waals surface area contributed by atoms with Gasteiger partial charge in [0.05, 0.1) is 0 Å². The summed E-state index contributed by atoms with van der Waals surface area (Å²) in [6, 6.07) is 0. The molecule has 0 N–H and O–H groups in total. The van der Waals surface area contributed by atoms with Crippen LogP contribution >= 0.6 is 27.3 Å². The van der Waals surface area contributed by atoms with Crippen LogP contribution in [-0.2, 0) is 5.33 Å². The fourth-order valence-electron chi connectivity index (χ4n) is 0.796. The van der Waals surface area contributed by atoms with Crippen molar-refractivity contribution in [3.63, 3.8) is 0 Å². The maximum atomic E-state index is 3.44. The number of aryl methyl sites for hydroxylation is 2. The van der Waals surface area contributed by atoms with Crippen LogP contribution in [-0.4, -0.2) is 0 Å². The molecule has 0 aliphatic rings. The first-order valence-corrected chi connectivity index (χ1v) is 4.85. The number of thiophene rings is 1. The molecule has 2 heteroatoms. The minimum Gasteiger partial charge on any atom is -0.149 e. The van der Waals surface area contributed by atoms with E-state index in [4.69, 9.17) is 0 Å². The van der Waals surface area contributed by atoms with Gasteiger partial charge in [0.25, 0.3) is 0 Å². The SMILES string of the molecule is Cc1csc(C)c1CBr. The quantitative estimate of drug-likeness (QED) is 0.617. The van der Waals surface area contributed by atoms with Gasteiger partial charge in [-0.1, -0.05) is 15.9 Å². The molecule has 0 saturated heterocycles. The molecule has 0 nitrogen and oxygen atoms in total. The van der Waals surface area contributed by atoms with Crippen molar-refractivity contribution in [3.05, 3.63) is 21.4 Å². The number of alkyl halides is 1. The topological polar surface area (TPSA) is 0 Å². The Hall–Kier alpha value is 0.180. The van der Waals surface area contributed by atoms with Gasteiger partial charge in [0.1, 0.15) is 0 Å². The van der Waals surface area contributed by atoms with Crippen molar-refractivity contribution in [2.45, 2.75) is 19.2 Å². The van der Waals surface area contributed by atoms with Gasteiger partial charge in [0, 0.05) is 10.2 Å². The van der Waals surface area contributed by atoms with Crippen LogP contribution in [0.15, 0.2) is 5.38 Å². The molecule has 1 heterocycles. The number of hydrogen-bond donors (Lipinski definition) is 0. The van der Waals surface area contributed by atoms with E-state index < -0.39 is 0 Å². The van der Waals surface area contributed by atoms with Gasteiger partial charge in [0.2, 0.25) is 0 Å². The molecule has 0 aliphatic heterocycles. The van der Waals surface area contributed by atoms with Crippen LogP contribution in [0.5, 0.6) is 0 Å². The molecule has 0 saturated carbocycles. The highest BCUT2D eigenvalue weighted by Crippen LogP contribution is 2.22. The fraction of sp³-hybridized carbons (Fsp3) is 0.429.